The van der Waals surface area contributed by atoms with E-state index in [1.165, 1.54) is 27.8 Å². The van der Waals surface area contributed by atoms with Crippen LogP contribution in [0.3, 0.4) is 0 Å². The van der Waals surface area contributed by atoms with Crippen LogP contribution in [0.2, 0.25) is 13.1 Å². The molecule has 0 N–H and O–H groups in total. The number of fused-ring (bicyclic) bond motifs is 2. The van der Waals surface area contributed by atoms with Gasteiger partial charge in [-0.2, -0.15) is 0 Å². The summed E-state index contributed by atoms with van der Waals surface area (Å²) in [6.45, 7) is 10.2. The van der Waals surface area contributed by atoms with Crippen molar-refractivity contribution in [2.45, 2.75) is 36.5 Å². The van der Waals surface area contributed by atoms with Crippen LogP contribution in [0.5, 0.6) is 0 Å². The van der Waals surface area contributed by atoms with E-state index in [9.17, 15) is 0 Å². The van der Waals surface area contributed by atoms with Crippen molar-refractivity contribution in [1.82, 2.24) is 0 Å². The second kappa shape index (κ2) is 9.72. The van der Waals surface area contributed by atoms with Gasteiger partial charge in [0, 0.05) is 0 Å². The van der Waals surface area contributed by atoms with E-state index in [2.05, 4.69) is 136 Å². The van der Waals surface area contributed by atoms with Gasteiger partial charge in [0.25, 0.3) is 0 Å². The summed E-state index contributed by atoms with van der Waals surface area (Å²) >= 11 is -2.36. The van der Waals surface area contributed by atoms with E-state index in [4.69, 9.17) is 0 Å². The Morgan fingerprint density at radius 3 is 1.89 bits per heavy atom. The maximum atomic E-state index is 2.65. The van der Waals surface area contributed by atoms with Crippen LogP contribution in [-0.2, 0) is 20.6 Å². The molecule has 0 saturated heterocycles. The first kappa shape index (κ1) is 23.8. The molecule has 0 heterocycles. The molecule has 36 heavy (non-hydrogen) atoms. The van der Waals surface area contributed by atoms with Crippen LogP contribution in [0.1, 0.15) is 51.3 Å². The number of benzene rings is 4. The van der Waals surface area contributed by atoms with E-state index in [0.29, 0.717) is 9.59 Å². The van der Waals surface area contributed by atoms with Crippen molar-refractivity contribution in [3.05, 3.63) is 134 Å². The fourth-order valence-electron chi connectivity index (χ4n) is 6.60. The molecule has 0 amide bonds. The molecule has 6 rings (SSSR count). The number of hydrogen-bond donors (Lipinski definition) is 0. The molecule has 0 spiro atoms. The average molecular weight is 648 g/mol. The van der Waals surface area contributed by atoms with Gasteiger partial charge in [0.05, 0.1) is 0 Å². The third kappa shape index (κ3) is 3.90. The summed E-state index contributed by atoms with van der Waals surface area (Å²) in [5.41, 5.74) is 13.5. The quantitative estimate of drug-likeness (QED) is 0.190. The third-order valence-electron chi connectivity index (χ3n) is 8.17. The Bertz CT molecular complexity index is 1480. The Kier molecular flexibility index (Phi) is 6.43. The Morgan fingerprint density at radius 1 is 0.639 bits per heavy atom. The number of allylic oxidation sites excluding steroid dienone is 3. The topological polar surface area (TPSA) is 0 Å². The van der Waals surface area contributed by atoms with Gasteiger partial charge in [0.1, 0.15) is 0 Å². The van der Waals surface area contributed by atoms with Crippen molar-refractivity contribution >= 4 is 23.2 Å². The van der Waals surface area contributed by atoms with Crippen LogP contribution in [0.15, 0.2) is 106 Å². The summed E-state index contributed by atoms with van der Waals surface area (Å²) in [5.74, 6) is -0.330. The van der Waals surface area contributed by atoms with Gasteiger partial charge < -0.3 is 0 Å². The maximum absolute atomic E-state index is 2.65. The molecule has 0 nitrogen and oxygen atoms in total. The molecule has 0 fully saturated rings. The predicted octanol–water partition coefficient (Wildman–Crippen LogP) is 9.10. The molecule has 0 aromatic heterocycles. The molecule has 2 heteroatoms. The number of rotatable bonds is 5. The summed E-state index contributed by atoms with van der Waals surface area (Å²) < 4.78 is 2.50. The first-order valence-electron chi connectivity index (χ1n) is 13.2. The molecule has 0 saturated carbocycles. The van der Waals surface area contributed by atoms with Gasteiger partial charge in [-0.15, -0.1) is 0 Å². The van der Waals surface area contributed by atoms with Gasteiger partial charge in [-0.3, -0.25) is 0 Å². The van der Waals surface area contributed by atoms with Crippen molar-refractivity contribution in [3.8, 4) is 11.1 Å². The zero-order chi connectivity index (χ0) is 24.8. The zero-order valence-electron chi connectivity index (χ0n) is 21.6. The molecule has 2 aliphatic carbocycles. The van der Waals surface area contributed by atoms with Crippen molar-refractivity contribution < 1.29 is 20.6 Å². The predicted molar refractivity (Wildman–Crippen MR) is 155 cm³/mol. The molecule has 4 aromatic carbocycles. The first-order valence-corrected chi connectivity index (χ1v) is 26.2. The van der Waals surface area contributed by atoms with E-state index >= 15 is 0 Å². The zero-order valence-corrected chi connectivity index (χ0v) is 26.4. The summed E-state index contributed by atoms with van der Waals surface area (Å²) in [5, 5.41) is 0. The first-order chi connectivity index (χ1) is 17.6. The van der Waals surface area contributed by atoms with Gasteiger partial charge in [-0.05, 0) is 0 Å². The summed E-state index contributed by atoms with van der Waals surface area (Å²) in [6, 6.07) is 38.5. The van der Waals surface area contributed by atoms with E-state index in [1.807, 2.05) is 3.33 Å². The molecule has 2 aliphatic rings. The number of hydrogen-bond acceptors (Lipinski definition) is 0. The molecule has 177 valence electrons. The summed E-state index contributed by atoms with van der Waals surface area (Å²) in [7, 11) is 0. The molecular formula is C34H33HfSi. The summed E-state index contributed by atoms with van der Waals surface area (Å²) in [6.07, 6.45) is 2.57. The Labute approximate surface area is 224 Å². The van der Waals surface area contributed by atoms with Crippen LogP contribution in [0.25, 0.3) is 28.3 Å². The van der Waals surface area contributed by atoms with Gasteiger partial charge >= 0.3 is 226 Å². The van der Waals surface area contributed by atoms with Gasteiger partial charge in [-0.1, -0.05) is 0 Å². The van der Waals surface area contributed by atoms with E-state index in [-0.39, 0.29) is 0 Å². The second-order valence-electron chi connectivity index (χ2n) is 10.5. The van der Waals surface area contributed by atoms with E-state index < -0.39 is 26.6 Å². The SMILES string of the molecule is CC1=[C]([Hf]([CH]2C(c3ccccc3)=Cc3c(-c4ccccc4)cccc32)[SiH](C)C)C(C)c2ccccc21. The Balaban J connectivity index is 1.57. The van der Waals surface area contributed by atoms with Gasteiger partial charge in [-0.25, -0.2) is 0 Å². The molecule has 2 unspecified atom stereocenters. The fourth-order valence-corrected chi connectivity index (χ4v) is 38.3. The fraction of sp³-hybridized carbons (Fsp3) is 0.176. The molecular weight excluding hydrogens is 615 g/mol. The van der Waals surface area contributed by atoms with Crippen LogP contribution in [0.4, 0.5) is 0 Å². The van der Waals surface area contributed by atoms with Crippen molar-refractivity contribution in [2.24, 2.45) is 0 Å². The van der Waals surface area contributed by atoms with Crippen LogP contribution in [-0.4, -0.2) is 5.98 Å². The van der Waals surface area contributed by atoms with E-state index in [0.717, 1.165) is 0 Å². The van der Waals surface area contributed by atoms with Crippen molar-refractivity contribution in [3.63, 3.8) is 0 Å². The third-order valence-corrected chi connectivity index (χ3v) is 37.7. The van der Waals surface area contributed by atoms with Crippen LogP contribution < -0.4 is 0 Å². The van der Waals surface area contributed by atoms with E-state index in [1.54, 1.807) is 22.3 Å². The van der Waals surface area contributed by atoms with Crippen molar-refractivity contribution in [1.29, 1.82) is 0 Å². The second-order valence-corrected chi connectivity index (χ2v) is 37.7. The van der Waals surface area contributed by atoms with Crippen LogP contribution >= 0.6 is 0 Å². The monoisotopic (exact) mass is 649 g/mol. The molecule has 4 aromatic rings. The molecule has 0 bridgehead atoms. The molecule has 0 aliphatic heterocycles. The summed E-state index contributed by atoms with van der Waals surface area (Å²) in [4.78, 5) is 0. The van der Waals surface area contributed by atoms with Gasteiger partial charge in [0.15, 0.2) is 0 Å². The van der Waals surface area contributed by atoms with Crippen LogP contribution in [0, 0.1) is 0 Å². The minimum atomic E-state index is -2.36. The average Bonchev–Trinajstić information content (AvgIpc) is 3.41. The van der Waals surface area contributed by atoms with Crippen molar-refractivity contribution in [2.75, 3.05) is 0 Å². The minimum absolute atomic E-state index is 0.566. The Morgan fingerprint density at radius 2 is 1.22 bits per heavy atom. The normalized spacial score (nSPS) is 18.3. The molecule has 2 atom stereocenters. The Hall–Kier alpha value is -2.55. The standard InChI is InChI=1S/C21H15.C11H11.C2H7Si.Hf/c1-3-8-16(9-4-1)19-14-18-12-7-13-20(21(18)15-19)17-10-5-2-6-11-17;1-8-7-9(2)11-6-4-3-5-10(8)11;1-3-2;/h1-15H;3-6,8H,1-2H3;3H,1-2H3;. The van der Waals surface area contributed by atoms with Gasteiger partial charge in [0.2, 0.25) is 0 Å². The molecule has 0 radical (unpaired) electrons.